The standard InChI is InChI=1S/C8H15N5O3S/c1-5-7(8(10)11-13(5)3)17(15,16)12(2)4-6(9)14/h4H2,1-3H3,(H2,9,14)(H2,10,11). The van der Waals surface area contributed by atoms with Gasteiger partial charge in [-0.15, -0.1) is 0 Å². The molecule has 96 valence electrons. The van der Waals surface area contributed by atoms with E-state index in [4.69, 9.17) is 11.5 Å². The van der Waals surface area contributed by atoms with Crippen molar-refractivity contribution in [1.82, 2.24) is 14.1 Å². The summed E-state index contributed by atoms with van der Waals surface area (Å²) in [6.45, 7) is 1.17. The number of primary amides is 1. The maximum absolute atomic E-state index is 12.1. The van der Waals surface area contributed by atoms with Gasteiger partial charge in [0.05, 0.1) is 12.2 Å². The molecule has 1 aromatic rings. The van der Waals surface area contributed by atoms with E-state index in [9.17, 15) is 13.2 Å². The van der Waals surface area contributed by atoms with E-state index < -0.39 is 22.5 Å². The van der Waals surface area contributed by atoms with Crippen LogP contribution in [0.15, 0.2) is 4.90 Å². The van der Waals surface area contributed by atoms with Gasteiger partial charge in [-0.2, -0.15) is 9.40 Å². The van der Waals surface area contributed by atoms with Gasteiger partial charge in [-0.05, 0) is 6.92 Å². The number of rotatable bonds is 4. The van der Waals surface area contributed by atoms with Crippen LogP contribution in [0.1, 0.15) is 5.69 Å². The van der Waals surface area contributed by atoms with Gasteiger partial charge in [-0.25, -0.2) is 8.42 Å². The number of likely N-dealkylation sites (N-methyl/N-ethyl adjacent to an activating group) is 1. The van der Waals surface area contributed by atoms with Crippen LogP contribution in [0.2, 0.25) is 0 Å². The Balaban J connectivity index is 3.27. The highest BCUT2D eigenvalue weighted by Crippen LogP contribution is 2.23. The zero-order valence-electron chi connectivity index (χ0n) is 9.84. The lowest BCUT2D eigenvalue weighted by molar-refractivity contribution is -0.118. The molecule has 1 aromatic heterocycles. The summed E-state index contributed by atoms with van der Waals surface area (Å²) < 4.78 is 26.4. The van der Waals surface area contributed by atoms with Crippen molar-refractivity contribution >= 4 is 21.7 Å². The van der Waals surface area contributed by atoms with Gasteiger partial charge in [0, 0.05) is 14.1 Å². The average Bonchev–Trinajstić information content (AvgIpc) is 2.39. The Bertz CT molecular complexity index is 548. The van der Waals surface area contributed by atoms with Gasteiger partial charge in [0.25, 0.3) is 0 Å². The van der Waals surface area contributed by atoms with Gasteiger partial charge in [0.2, 0.25) is 15.9 Å². The van der Waals surface area contributed by atoms with Crippen LogP contribution in [0.3, 0.4) is 0 Å². The topological polar surface area (TPSA) is 124 Å². The van der Waals surface area contributed by atoms with Crippen LogP contribution in [-0.4, -0.2) is 42.0 Å². The lowest BCUT2D eigenvalue weighted by Gasteiger charge is -2.15. The second-order valence-electron chi connectivity index (χ2n) is 3.65. The van der Waals surface area contributed by atoms with Gasteiger partial charge in [0.15, 0.2) is 5.82 Å². The van der Waals surface area contributed by atoms with Crippen molar-refractivity contribution in [3.05, 3.63) is 5.69 Å². The highest BCUT2D eigenvalue weighted by molar-refractivity contribution is 7.89. The van der Waals surface area contributed by atoms with Crippen LogP contribution in [0.25, 0.3) is 0 Å². The highest BCUT2D eigenvalue weighted by atomic mass is 32.2. The van der Waals surface area contributed by atoms with Gasteiger partial charge < -0.3 is 11.5 Å². The number of carbonyl (C=O) groups is 1. The van der Waals surface area contributed by atoms with E-state index in [1.165, 1.54) is 11.7 Å². The van der Waals surface area contributed by atoms with Crippen molar-refractivity contribution in [3.8, 4) is 0 Å². The Morgan fingerprint density at radius 2 is 2.06 bits per heavy atom. The smallest absolute Gasteiger partial charge is 0.248 e. The molecule has 0 aliphatic rings. The number of nitrogens with two attached hydrogens (primary N) is 2. The quantitative estimate of drug-likeness (QED) is 0.676. The summed E-state index contributed by atoms with van der Waals surface area (Å²) in [6.07, 6.45) is 0. The number of amides is 1. The summed E-state index contributed by atoms with van der Waals surface area (Å²) in [6, 6.07) is 0. The van der Waals surface area contributed by atoms with Crippen molar-refractivity contribution in [3.63, 3.8) is 0 Å². The average molecular weight is 261 g/mol. The van der Waals surface area contributed by atoms with Crippen molar-refractivity contribution in [2.75, 3.05) is 19.3 Å². The minimum absolute atomic E-state index is 0.0937. The van der Waals surface area contributed by atoms with E-state index in [0.29, 0.717) is 5.69 Å². The Labute approximate surface area is 99.2 Å². The van der Waals surface area contributed by atoms with Gasteiger partial charge in [-0.1, -0.05) is 0 Å². The van der Waals surface area contributed by atoms with E-state index in [0.717, 1.165) is 4.31 Å². The molecule has 0 unspecified atom stereocenters. The molecule has 0 saturated carbocycles. The number of aryl methyl sites for hydroxylation is 1. The summed E-state index contributed by atoms with van der Waals surface area (Å²) in [7, 11) is -1.01. The van der Waals surface area contributed by atoms with E-state index in [2.05, 4.69) is 5.10 Å². The summed E-state index contributed by atoms with van der Waals surface area (Å²) in [4.78, 5) is 10.6. The molecular weight excluding hydrogens is 246 g/mol. The highest BCUT2D eigenvalue weighted by Gasteiger charge is 2.29. The summed E-state index contributed by atoms with van der Waals surface area (Å²) in [5.74, 6) is -0.836. The molecule has 0 bridgehead atoms. The van der Waals surface area contributed by atoms with Crippen molar-refractivity contribution < 1.29 is 13.2 Å². The van der Waals surface area contributed by atoms with E-state index in [-0.39, 0.29) is 10.7 Å². The van der Waals surface area contributed by atoms with Crippen LogP contribution in [-0.2, 0) is 21.9 Å². The molecule has 9 heteroatoms. The maximum atomic E-state index is 12.1. The van der Waals surface area contributed by atoms with E-state index >= 15 is 0 Å². The third-order valence-electron chi connectivity index (χ3n) is 2.35. The molecule has 0 atom stereocenters. The number of hydrogen-bond donors (Lipinski definition) is 2. The lowest BCUT2D eigenvalue weighted by Crippen LogP contribution is -2.35. The lowest BCUT2D eigenvalue weighted by atomic mass is 10.5. The monoisotopic (exact) mass is 261 g/mol. The molecule has 8 nitrogen and oxygen atoms in total. The molecule has 0 spiro atoms. The predicted octanol–water partition coefficient (Wildman–Crippen LogP) is -1.58. The zero-order chi connectivity index (χ0) is 13.4. The number of sulfonamides is 1. The fourth-order valence-corrected chi connectivity index (χ4v) is 2.81. The SMILES string of the molecule is Cc1c(S(=O)(=O)N(C)CC(N)=O)c(N)nn1C. The number of anilines is 1. The molecule has 17 heavy (non-hydrogen) atoms. The van der Waals surface area contributed by atoms with Crippen molar-refractivity contribution in [2.24, 2.45) is 12.8 Å². The largest absolute Gasteiger partial charge is 0.381 e. The number of hydrogen-bond acceptors (Lipinski definition) is 5. The zero-order valence-corrected chi connectivity index (χ0v) is 10.7. The second-order valence-corrected chi connectivity index (χ2v) is 5.63. The number of carbonyl (C=O) groups excluding carboxylic acids is 1. The Morgan fingerprint density at radius 3 is 2.41 bits per heavy atom. The van der Waals surface area contributed by atoms with Crippen LogP contribution in [0, 0.1) is 6.92 Å². The molecule has 4 N–H and O–H groups in total. The van der Waals surface area contributed by atoms with Gasteiger partial charge in [-0.3, -0.25) is 9.48 Å². The first-order valence-corrected chi connectivity index (χ1v) is 6.15. The van der Waals surface area contributed by atoms with E-state index in [1.807, 2.05) is 0 Å². The minimum Gasteiger partial charge on any atom is -0.381 e. The molecule has 0 aliphatic carbocycles. The third-order valence-corrected chi connectivity index (χ3v) is 4.32. The third kappa shape index (κ3) is 2.39. The molecule has 0 aliphatic heterocycles. The van der Waals surface area contributed by atoms with Crippen LogP contribution in [0.5, 0.6) is 0 Å². The first-order chi connectivity index (χ1) is 7.67. The second kappa shape index (κ2) is 4.34. The molecule has 0 aromatic carbocycles. The summed E-state index contributed by atoms with van der Waals surface area (Å²) in [5, 5.41) is 3.81. The molecule has 0 fully saturated rings. The normalized spacial score (nSPS) is 12.0. The number of aromatic nitrogens is 2. The Morgan fingerprint density at radius 1 is 1.53 bits per heavy atom. The summed E-state index contributed by atoms with van der Waals surface area (Å²) >= 11 is 0. The van der Waals surface area contributed by atoms with Gasteiger partial charge in [0.1, 0.15) is 4.90 Å². The molecule has 1 amide bonds. The molecule has 0 saturated heterocycles. The van der Waals surface area contributed by atoms with Gasteiger partial charge >= 0.3 is 0 Å². The Hall–Kier alpha value is -1.61. The molecule has 1 rings (SSSR count). The van der Waals surface area contributed by atoms with Crippen molar-refractivity contribution in [2.45, 2.75) is 11.8 Å². The summed E-state index contributed by atoms with van der Waals surface area (Å²) in [5.41, 5.74) is 10.9. The van der Waals surface area contributed by atoms with Crippen molar-refractivity contribution in [1.29, 1.82) is 0 Å². The fourth-order valence-electron chi connectivity index (χ4n) is 1.39. The fraction of sp³-hybridized carbons (Fsp3) is 0.500. The predicted molar refractivity (Wildman–Crippen MR) is 61.4 cm³/mol. The number of nitrogens with zero attached hydrogens (tertiary/aromatic N) is 3. The molecular formula is C8H15N5O3S. The van der Waals surface area contributed by atoms with Crippen LogP contribution < -0.4 is 11.5 Å². The maximum Gasteiger partial charge on any atom is 0.248 e. The molecule has 0 radical (unpaired) electrons. The molecule has 1 heterocycles. The first kappa shape index (κ1) is 13.5. The minimum atomic E-state index is -3.85. The first-order valence-electron chi connectivity index (χ1n) is 4.71. The van der Waals surface area contributed by atoms with Crippen LogP contribution >= 0.6 is 0 Å². The van der Waals surface area contributed by atoms with E-state index in [1.54, 1.807) is 14.0 Å². The van der Waals surface area contributed by atoms with Crippen LogP contribution in [0.4, 0.5) is 5.82 Å². The Kier molecular flexibility index (Phi) is 3.43. The number of nitrogen functional groups attached to an aromatic ring is 1.